The quantitative estimate of drug-likeness (QED) is 0.350. The Morgan fingerprint density at radius 1 is 0.811 bits per heavy atom. The van der Waals surface area contributed by atoms with Crippen LogP contribution in [0.15, 0.2) is 82.0 Å². The van der Waals surface area contributed by atoms with Crippen molar-refractivity contribution in [2.75, 3.05) is 31.1 Å². The molecule has 1 aliphatic heterocycles. The van der Waals surface area contributed by atoms with E-state index in [0.717, 1.165) is 64.1 Å². The fourth-order valence-corrected chi connectivity index (χ4v) is 5.90. The van der Waals surface area contributed by atoms with Crippen molar-refractivity contribution in [3.8, 4) is 11.1 Å². The van der Waals surface area contributed by atoms with Gasteiger partial charge >= 0.3 is 5.76 Å². The van der Waals surface area contributed by atoms with Crippen molar-refractivity contribution in [2.45, 2.75) is 38.6 Å². The van der Waals surface area contributed by atoms with E-state index in [0.29, 0.717) is 11.1 Å². The van der Waals surface area contributed by atoms with Crippen LogP contribution in [0.4, 0.5) is 5.69 Å². The normalized spacial score (nSPS) is 17.4. The summed E-state index contributed by atoms with van der Waals surface area (Å²) in [6.45, 7) is 4.40. The van der Waals surface area contributed by atoms with E-state index < -0.39 is 5.76 Å². The molecule has 0 N–H and O–H groups in total. The third-order valence-corrected chi connectivity index (χ3v) is 7.91. The Hall–Kier alpha value is -3.64. The number of aromatic nitrogens is 1. The summed E-state index contributed by atoms with van der Waals surface area (Å²) >= 11 is 0. The molecule has 0 spiro atoms. The van der Waals surface area contributed by atoms with Gasteiger partial charge in [-0.15, -0.1) is 0 Å². The number of nitrogens with zero attached hydrogens (tertiary/aromatic N) is 3. The highest BCUT2D eigenvalue weighted by atomic mass is 16.4. The number of hydrogen-bond donors (Lipinski definition) is 0. The molecule has 4 aromatic rings. The van der Waals surface area contributed by atoms with Crippen molar-refractivity contribution in [1.82, 2.24) is 9.47 Å². The highest BCUT2D eigenvalue weighted by Crippen LogP contribution is 2.30. The summed E-state index contributed by atoms with van der Waals surface area (Å²) in [6, 6.07) is 25.0. The Morgan fingerprint density at radius 2 is 1.54 bits per heavy atom. The lowest BCUT2D eigenvalue weighted by Crippen LogP contribution is -2.46. The molecule has 0 atom stereocenters. The lowest BCUT2D eigenvalue weighted by atomic mass is 9.88. The number of para-hydroxylation sites is 1. The van der Waals surface area contributed by atoms with Crippen LogP contribution in [0.2, 0.25) is 0 Å². The SMILES string of the molecule is O=C(C1CCCCC1)n1c(=O)oc2c(N3CCN(Cc4cccc(-c5ccccc5)c4)CC3)cccc21. The number of oxazole rings is 1. The average Bonchev–Trinajstić information content (AvgIpc) is 3.30. The van der Waals surface area contributed by atoms with E-state index in [2.05, 4.69) is 58.3 Å². The number of fused-ring (bicyclic) bond motifs is 1. The van der Waals surface area contributed by atoms with Gasteiger partial charge in [0.05, 0.1) is 5.69 Å². The smallest absolute Gasteiger partial charge is 0.405 e. The van der Waals surface area contributed by atoms with Gasteiger partial charge in [-0.25, -0.2) is 9.36 Å². The first-order valence-electron chi connectivity index (χ1n) is 13.5. The Bertz CT molecular complexity index is 1440. The second-order valence-electron chi connectivity index (χ2n) is 10.3. The zero-order valence-corrected chi connectivity index (χ0v) is 21.1. The predicted molar refractivity (Wildman–Crippen MR) is 147 cm³/mol. The molecular formula is C31H33N3O3. The fourth-order valence-electron chi connectivity index (χ4n) is 5.90. The third kappa shape index (κ3) is 4.86. The van der Waals surface area contributed by atoms with E-state index in [1.54, 1.807) is 0 Å². The molecule has 0 amide bonds. The van der Waals surface area contributed by atoms with Gasteiger partial charge in [0.15, 0.2) is 5.58 Å². The van der Waals surface area contributed by atoms with Gasteiger partial charge in [-0.2, -0.15) is 0 Å². The third-order valence-electron chi connectivity index (χ3n) is 7.91. The highest BCUT2D eigenvalue weighted by molar-refractivity contribution is 5.95. The number of benzene rings is 3. The Morgan fingerprint density at radius 3 is 2.32 bits per heavy atom. The number of piperazine rings is 1. The zero-order valence-electron chi connectivity index (χ0n) is 21.1. The second kappa shape index (κ2) is 10.4. The van der Waals surface area contributed by atoms with Crippen LogP contribution in [0.5, 0.6) is 0 Å². The van der Waals surface area contributed by atoms with Crippen molar-refractivity contribution in [3.05, 3.63) is 88.9 Å². The summed E-state index contributed by atoms with van der Waals surface area (Å²) in [4.78, 5) is 30.7. The van der Waals surface area contributed by atoms with Crippen LogP contribution >= 0.6 is 0 Å². The van der Waals surface area contributed by atoms with Crippen LogP contribution in [-0.2, 0) is 6.54 Å². The first-order chi connectivity index (χ1) is 18.2. The van der Waals surface area contributed by atoms with E-state index in [1.165, 1.54) is 27.7 Å². The van der Waals surface area contributed by atoms with Crippen molar-refractivity contribution in [2.24, 2.45) is 5.92 Å². The fraction of sp³-hybridized carbons (Fsp3) is 0.355. The molecular weight excluding hydrogens is 462 g/mol. The minimum atomic E-state index is -0.560. The molecule has 0 unspecified atom stereocenters. The number of hydrogen-bond acceptors (Lipinski definition) is 5. The monoisotopic (exact) mass is 495 g/mol. The molecule has 3 aromatic carbocycles. The molecule has 2 heterocycles. The lowest BCUT2D eigenvalue weighted by molar-refractivity contribution is 0.0798. The second-order valence-corrected chi connectivity index (χ2v) is 10.3. The molecule has 0 radical (unpaired) electrons. The molecule has 0 bridgehead atoms. The minimum Gasteiger partial charge on any atom is -0.405 e. The standard InChI is InChI=1S/C31H33N3O3/c35-30(25-12-5-2-6-13-25)34-28-16-8-15-27(29(28)37-31(34)36)33-19-17-32(18-20-33)22-23-9-7-14-26(21-23)24-10-3-1-4-11-24/h1,3-4,7-11,14-16,21,25H,2,5-6,12-13,17-20,22H2. The minimum absolute atomic E-state index is 0.0835. The first kappa shape index (κ1) is 23.7. The summed E-state index contributed by atoms with van der Waals surface area (Å²) in [5, 5.41) is 0. The Labute approximate surface area is 217 Å². The van der Waals surface area contributed by atoms with Crippen LogP contribution < -0.4 is 10.7 Å². The van der Waals surface area contributed by atoms with E-state index >= 15 is 0 Å². The van der Waals surface area contributed by atoms with E-state index in [4.69, 9.17) is 4.42 Å². The molecule has 1 aromatic heterocycles. The molecule has 1 saturated carbocycles. The number of carbonyl (C=O) groups excluding carboxylic acids is 1. The van der Waals surface area contributed by atoms with Crippen LogP contribution in [0.25, 0.3) is 22.2 Å². The van der Waals surface area contributed by atoms with E-state index in [1.807, 2.05) is 24.3 Å². The van der Waals surface area contributed by atoms with Gasteiger partial charge in [-0.3, -0.25) is 9.69 Å². The first-order valence-corrected chi connectivity index (χ1v) is 13.5. The van der Waals surface area contributed by atoms with Crippen LogP contribution in [0, 0.1) is 5.92 Å². The molecule has 1 aliphatic carbocycles. The highest BCUT2D eigenvalue weighted by Gasteiger charge is 2.28. The largest absolute Gasteiger partial charge is 0.426 e. The predicted octanol–water partition coefficient (Wildman–Crippen LogP) is 5.80. The van der Waals surface area contributed by atoms with Gasteiger partial charge in [0.2, 0.25) is 5.91 Å². The van der Waals surface area contributed by atoms with Crippen LogP contribution in [0.3, 0.4) is 0 Å². The van der Waals surface area contributed by atoms with Crippen LogP contribution in [0.1, 0.15) is 42.5 Å². The Balaban J connectivity index is 1.16. The molecule has 2 aliphatic rings. The summed E-state index contributed by atoms with van der Waals surface area (Å²) in [5.74, 6) is -0.752. The molecule has 37 heavy (non-hydrogen) atoms. The number of carbonyl (C=O) groups is 1. The maximum Gasteiger partial charge on any atom is 0.426 e. The maximum absolute atomic E-state index is 13.2. The van der Waals surface area contributed by atoms with Gasteiger partial charge < -0.3 is 9.32 Å². The summed E-state index contributed by atoms with van der Waals surface area (Å²) in [6.07, 6.45) is 4.97. The average molecular weight is 496 g/mol. The summed E-state index contributed by atoms with van der Waals surface area (Å²) in [7, 11) is 0. The van der Waals surface area contributed by atoms with Gasteiger partial charge in [-0.1, -0.05) is 73.9 Å². The van der Waals surface area contributed by atoms with Crippen molar-refractivity contribution in [1.29, 1.82) is 0 Å². The van der Waals surface area contributed by atoms with Gasteiger partial charge in [-0.05, 0) is 47.7 Å². The molecule has 2 fully saturated rings. The van der Waals surface area contributed by atoms with Crippen molar-refractivity contribution in [3.63, 3.8) is 0 Å². The molecule has 1 saturated heterocycles. The summed E-state index contributed by atoms with van der Waals surface area (Å²) in [5.41, 5.74) is 5.80. The molecule has 6 heteroatoms. The molecule has 190 valence electrons. The molecule has 6 rings (SSSR count). The maximum atomic E-state index is 13.2. The molecule has 6 nitrogen and oxygen atoms in total. The van der Waals surface area contributed by atoms with E-state index in [-0.39, 0.29) is 11.8 Å². The van der Waals surface area contributed by atoms with Gasteiger partial charge in [0.1, 0.15) is 5.52 Å². The van der Waals surface area contributed by atoms with Gasteiger partial charge in [0.25, 0.3) is 0 Å². The van der Waals surface area contributed by atoms with Gasteiger partial charge in [0, 0.05) is 38.6 Å². The van der Waals surface area contributed by atoms with Crippen molar-refractivity contribution >= 4 is 22.7 Å². The van der Waals surface area contributed by atoms with E-state index in [9.17, 15) is 9.59 Å². The Kier molecular flexibility index (Phi) is 6.66. The number of rotatable bonds is 5. The lowest BCUT2D eigenvalue weighted by Gasteiger charge is -2.36. The van der Waals surface area contributed by atoms with Crippen molar-refractivity contribution < 1.29 is 9.21 Å². The van der Waals surface area contributed by atoms with Crippen LogP contribution in [-0.4, -0.2) is 41.6 Å². The topological polar surface area (TPSA) is 58.7 Å². The zero-order chi connectivity index (χ0) is 25.2. The summed E-state index contributed by atoms with van der Waals surface area (Å²) < 4.78 is 6.99. The number of anilines is 1.